The first-order valence-electron chi connectivity index (χ1n) is 46.4. The van der Waals surface area contributed by atoms with E-state index in [1.807, 2.05) is 6.92 Å². The minimum atomic E-state index is -0.117. The van der Waals surface area contributed by atoms with E-state index in [2.05, 4.69) is 307 Å². The molecule has 12 aromatic carbocycles. The van der Waals surface area contributed by atoms with Crippen molar-refractivity contribution in [1.29, 1.82) is 5.39 Å². The van der Waals surface area contributed by atoms with Crippen LogP contribution in [-0.4, -0.2) is 39.5 Å². The molecule has 0 unspecified atom stereocenters. The van der Waals surface area contributed by atoms with Crippen molar-refractivity contribution in [3.8, 4) is 70.4 Å². The summed E-state index contributed by atoms with van der Waals surface area (Å²) in [6, 6.07) is 82.1. The largest absolute Gasteiger partial charge is 0.493 e. The van der Waals surface area contributed by atoms with Gasteiger partial charge in [-0.3, -0.25) is 0 Å². The zero-order chi connectivity index (χ0) is 85.1. The lowest BCUT2D eigenvalue weighted by molar-refractivity contribution is 0.293. The van der Waals surface area contributed by atoms with E-state index >= 15 is 0 Å². The van der Waals surface area contributed by atoms with Gasteiger partial charge in [0.25, 0.3) is 0 Å². The van der Waals surface area contributed by atoms with Gasteiger partial charge in [0.1, 0.15) is 23.0 Å². The second kappa shape index (κ2) is 36.1. The number of benzene rings is 12. The molecule has 0 fully saturated rings. The number of nitrogens with zero attached hydrogens (tertiary/aromatic N) is 6. The summed E-state index contributed by atoms with van der Waals surface area (Å²) in [6.07, 6.45) is 16.9. The van der Waals surface area contributed by atoms with E-state index in [9.17, 15) is 10.9 Å². The minimum absolute atomic E-state index is 0.0539. The summed E-state index contributed by atoms with van der Waals surface area (Å²) in [6.45, 7) is 11.8. The van der Waals surface area contributed by atoms with Crippen LogP contribution in [0.25, 0.3) is 21.0 Å². The predicted molar refractivity (Wildman–Crippen MR) is 504 cm³/mol. The fourth-order valence-electron chi connectivity index (χ4n) is 22.8. The Morgan fingerprint density at radius 1 is 0.341 bits per heavy atom. The average Bonchev–Trinajstić information content (AvgIpc) is 0.669. The van der Waals surface area contributed by atoms with E-state index in [0.29, 0.717) is 58.1 Å². The lowest BCUT2D eigenvalue weighted by Crippen LogP contribution is -2.35. The van der Waals surface area contributed by atoms with Crippen LogP contribution in [0.2, 0.25) is 0 Å². The molecule has 0 atom stereocenters. The van der Waals surface area contributed by atoms with Crippen molar-refractivity contribution in [1.82, 2.24) is 0 Å². The fourth-order valence-corrected chi connectivity index (χ4v) is 22.8. The number of rotatable bonds is 30. The molecule has 0 spiro atoms. The molecular formula is C116H104N6O4. The normalized spacial score (nSPS) is 17.4. The topological polar surface area (TPSA) is 128 Å². The third kappa shape index (κ3) is 14.3. The highest BCUT2D eigenvalue weighted by Gasteiger charge is 2.53. The van der Waals surface area contributed by atoms with Crippen LogP contribution in [0.5, 0.6) is 23.0 Å². The molecular weight excluding hydrogens is 1540 g/mol. The number of hydrogen-bond donors (Lipinski definition) is 0. The zero-order valence-corrected chi connectivity index (χ0v) is 72.7. The maximum absolute atomic E-state index is 9.17. The van der Waals surface area contributed by atoms with Crippen molar-refractivity contribution in [3.05, 3.63) is 417 Å². The summed E-state index contributed by atoms with van der Waals surface area (Å²) in [4.78, 5) is 3.04. The van der Waals surface area contributed by atoms with E-state index in [0.717, 1.165) is 145 Å². The molecule has 0 aliphatic heterocycles. The second-order valence-corrected chi connectivity index (χ2v) is 35.3. The van der Waals surface area contributed by atoms with Gasteiger partial charge in [0.05, 0.1) is 42.6 Å². The van der Waals surface area contributed by atoms with Crippen LogP contribution in [0.4, 0.5) is 0 Å². The van der Waals surface area contributed by atoms with Gasteiger partial charge in [-0.15, -0.1) is 11.3 Å². The Kier molecular flexibility index (Phi) is 23.2. The van der Waals surface area contributed by atoms with Crippen LogP contribution >= 0.6 is 0 Å². The SMILES string of the molecule is CC#Cc1c2c(c(C#Cc3cc(OCCCCCC[N-][N+]#N)c(CCC#Cc4c5c(c(C#Cc6cc(OCCCCCC)c(C)cc6OCCCCCC)c6c4C4c7ccccc7C6c6ccccc64)C4c6ccccc6C5c5ccccc54)cc3OCCCCCCN=[N+]=[N-])c3c1C1c4ccccc4C3c3ccccc31)C1c3ccccc3C2c2ccccc21. The van der Waals surface area contributed by atoms with Gasteiger partial charge in [-0.1, -0.05) is 324 Å². The van der Waals surface area contributed by atoms with Gasteiger partial charge in [-0.2, -0.15) is 0 Å². The van der Waals surface area contributed by atoms with E-state index < -0.39 is 0 Å². The third-order valence-electron chi connectivity index (χ3n) is 28.1. The molecule has 24 rings (SSSR count). The molecule has 0 saturated carbocycles. The van der Waals surface area contributed by atoms with Gasteiger partial charge in [-0.25, -0.2) is 0 Å². The summed E-state index contributed by atoms with van der Waals surface area (Å²) in [5.74, 6) is 34.3. The molecule has 10 heteroatoms. The Morgan fingerprint density at radius 2 is 0.635 bits per heavy atom. The summed E-state index contributed by atoms with van der Waals surface area (Å²) < 4.78 is 28.1. The molecule has 0 aromatic heterocycles. The third-order valence-corrected chi connectivity index (χ3v) is 28.1. The average molecular weight is 1650 g/mol. The molecule has 12 aliphatic carbocycles. The number of unbranched alkanes of at least 4 members (excludes halogenated alkanes) is 12. The fraction of sp³-hybridized carbons (Fsp3) is 0.310. The summed E-state index contributed by atoms with van der Waals surface area (Å²) in [5, 5.41) is 16.1. The summed E-state index contributed by atoms with van der Waals surface area (Å²) in [5.41, 5.74) is 52.5. The lowest BCUT2D eigenvalue weighted by atomic mass is 9.53. The van der Waals surface area contributed by atoms with Crippen LogP contribution in [0.3, 0.4) is 0 Å². The molecule has 0 amide bonds. The monoisotopic (exact) mass is 1640 g/mol. The van der Waals surface area contributed by atoms with Gasteiger partial charge in [0.2, 0.25) is 0 Å². The number of aryl methyl sites for hydroxylation is 2. The van der Waals surface area contributed by atoms with Crippen molar-refractivity contribution in [3.63, 3.8) is 0 Å². The van der Waals surface area contributed by atoms with Crippen molar-refractivity contribution in [2.75, 3.05) is 39.5 Å². The molecule has 12 aliphatic rings. The van der Waals surface area contributed by atoms with Crippen LogP contribution in [0.1, 0.15) is 355 Å². The molecule has 126 heavy (non-hydrogen) atoms. The number of azide groups is 2. The van der Waals surface area contributed by atoms with Crippen LogP contribution in [0.15, 0.2) is 224 Å². The Balaban J connectivity index is 0.765. The summed E-state index contributed by atoms with van der Waals surface area (Å²) >= 11 is 0. The maximum atomic E-state index is 9.17. The van der Waals surface area contributed by atoms with Gasteiger partial charge >= 0.3 is 0 Å². The Bertz CT molecular complexity index is 6240. The molecule has 622 valence electrons. The van der Waals surface area contributed by atoms with E-state index in [1.165, 1.54) is 153 Å². The van der Waals surface area contributed by atoms with Gasteiger partial charge in [-0.05, 0) is 233 Å². The highest BCUT2D eigenvalue weighted by Crippen LogP contribution is 2.67. The zero-order valence-electron chi connectivity index (χ0n) is 72.7. The van der Waals surface area contributed by atoms with Crippen LogP contribution in [0, 0.1) is 59.7 Å². The van der Waals surface area contributed by atoms with Gasteiger partial charge in [0, 0.05) is 94.0 Å². The molecule has 0 heterocycles. The standard InChI is InChI=1S/C116H104N6O4/c1-5-8-10-36-65-123-97-70-75(98(69-73(97)4)124-66-37-11-9-6-2)59-61-96-115-107-89-54-30-22-46-81(89)103(82-47-23-31-55-90(82)107)111(115)94(112-104-83-48-24-32-56-91(83)108(116(96)112)92-57-33-25-49-84(92)104)58-17-16-41-74-71-100(126-68-39-15-13-35-64-120-122-118)76(72-99(74)125-67-38-14-12-34-63-119-121-117)60-62-95-113-105-85-50-26-18-42-77(85)101(78-43-19-27-51-86(78)105)109(113)93(40-7-3)110-102-79-44-20-28-52-87(79)106(114(95)110)88-53-29-21-45-80(88)102/h18-33,42-57,69-72,101-108H,5-6,8-16,34-39,41,63-68H2,1-4H3. The van der Waals surface area contributed by atoms with E-state index in [-0.39, 0.29) is 47.3 Å². The Morgan fingerprint density at radius 3 is 0.968 bits per heavy atom. The first kappa shape index (κ1) is 81.0. The molecule has 8 bridgehead atoms. The second-order valence-electron chi connectivity index (χ2n) is 35.3. The molecule has 12 aromatic rings. The lowest BCUT2D eigenvalue weighted by Gasteiger charge is -2.48. The van der Waals surface area contributed by atoms with Crippen molar-refractivity contribution < 1.29 is 18.9 Å². The number of hydrogen-bond acceptors (Lipinski definition) is 6. The number of diazo groups is 1. The van der Waals surface area contributed by atoms with E-state index in [4.69, 9.17) is 18.9 Å². The first-order valence-corrected chi connectivity index (χ1v) is 46.4. The van der Waals surface area contributed by atoms with Gasteiger partial charge < -0.3 is 18.9 Å². The van der Waals surface area contributed by atoms with Gasteiger partial charge in [0.15, 0.2) is 0 Å². The predicted octanol–water partition coefficient (Wildman–Crippen LogP) is 27.3. The highest BCUT2D eigenvalue weighted by molar-refractivity contribution is 5.86. The molecule has 10 nitrogen and oxygen atoms in total. The van der Waals surface area contributed by atoms with Crippen molar-refractivity contribution in [2.24, 2.45) is 5.11 Å². The minimum Gasteiger partial charge on any atom is -0.493 e. The number of ether oxygens (including phenoxy) is 4. The van der Waals surface area contributed by atoms with Crippen LogP contribution in [-0.2, 0) is 6.42 Å². The highest BCUT2D eigenvalue weighted by atomic mass is 16.5. The summed E-state index contributed by atoms with van der Waals surface area (Å²) in [7, 11) is 0. The van der Waals surface area contributed by atoms with Crippen molar-refractivity contribution in [2.45, 2.75) is 191 Å². The Hall–Kier alpha value is -13.4. The maximum Gasteiger partial charge on any atom is 0.135 e. The molecule has 0 radical (unpaired) electrons. The van der Waals surface area contributed by atoms with Crippen LogP contribution < -0.4 is 18.9 Å². The Labute approximate surface area is 742 Å². The molecule has 0 N–H and O–H groups in total. The quantitative estimate of drug-likeness (QED) is 0.00842. The first-order chi connectivity index (χ1) is 62.4. The van der Waals surface area contributed by atoms with E-state index in [1.54, 1.807) is 0 Å². The molecule has 0 saturated heterocycles. The van der Waals surface area contributed by atoms with Crippen molar-refractivity contribution >= 4 is 0 Å². The smallest absolute Gasteiger partial charge is 0.135 e.